The highest BCUT2D eigenvalue weighted by molar-refractivity contribution is 7.99. The van der Waals surface area contributed by atoms with Crippen LogP contribution in [-0.2, 0) is 4.79 Å². The molecular weight excluding hydrogens is 496 g/mol. The SMILES string of the molecule is COc1ccc(C)cc1-n1c(SCC(=O)Nc2cccc3ccccc23)nc2c([nH]c3ccccc32)c1=O. The number of methoxy groups -OCH3 is 1. The summed E-state index contributed by atoms with van der Waals surface area (Å²) in [6.07, 6.45) is 0. The lowest BCUT2D eigenvalue weighted by Crippen LogP contribution is -2.23. The third-order valence-electron chi connectivity index (χ3n) is 6.47. The van der Waals surface area contributed by atoms with Crippen molar-refractivity contribution in [3.8, 4) is 11.4 Å². The van der Waals surface area contributed by atoms with Crippen LogP contribution in [0, 0.1) is 6.92 Å². The quantitative estimate of drug-likeness (QED) is 0.206. The first-order valence-electron chi connectivity index (χ1n) is 12.1. The van der Waals surface area contributed by atoms with E-state index in [4.69, 9.17) is 9.72 Å². The Morgan fingerprint density at radius 1 is 1.00 bits per heavy atom. The van der Waals surface area contributed by atoms with E-state index in [9.17, 15) is 9.59 Å². The summed E-state index contributed by atoms with van der Waals surface area (Å²) in [7, 11) is 1.57. The molecule has 0 aliphatic rings. The molecule has 7 nitrogen and oxygen atoms in total. The number of thioether (sulfide) groups is 1. The Hall–Kier alpha value is -4.56. The van der Waals surface area contributed by atoms with Crippen LogP contribution >= 0.6 is 11.8 Å². The molecule has 2 aromatic heterocycles. The van der Waals surface area contributed by atoms with Crippen LogP contribution in [0.15, 0.2) is 94.9 Å². The van der Waals surface area contributed by atoms with Crippen LogP contribution in [0.4, 0.5) is 5.69 Å². The second-order valence-corrected chi connectivity index (χ2v) is 9.91. The molecule has 0 aliphatic heterocycles. The molecule has 8 heteroatoms. The van der Waals surface area contributed by atoms with Crippen molar-refractivity contribution in [1.82, 2.24) is 14.5 Å². The Balaban J connectivity index is 1.43. The van der Waals surface area contributed by atoms with Crippen molar-refractivity contribution >= 4 is 56.1 Å². The van der Waals surface area contributed by atoms with E-state index < -0.39 is 0 Å². The maximum atomic E-state index is 13.9. The summed E-state index contributed by atoms with van der Waals surface area (Å²) in [6.45, 7) is 1.95. The van der Waals surface area contributed by atoms with Gasteiger partial charge in [-0.25, -0.2) is 9.55 Å². The number of carbonyl (C=O) groups is 1. The van der Waals surface area contributed by atoms with Crippen LogP contribution in [-0.4, -0.2) is 33.3 Å². The molecule has 2 heterocycles. The minimum absolute atomic E-state index is 0.0671. The number of anilines is 1. The van der Waals surface area contributed by atoms with Gasteiger partial charge in [0.15, 0.2) is 5.16 Å². The zero-order chi connectivity index (χ0) is 26.2. The summed E-state index contributed by atoms with van der Waals surface area (Å²) in [5.41, 5.74) is 3.82. The van der Waals surface area contributed by atoms with Crippen LogP contribution in [0.3, 0.4) is 0 Å². The van der Waals surface area contributed by atoms with Crippen LogP contribution in [0.25, 0.3) is 38.4 Å². The van der Waals surface area contributed by atoms with Crippen molar-refractivity contribution < 1.29 is 9.53 Å². The van der Waals surface area contributed by atoms with Gasteiger partial charge in [0.05, 0.1) is 18.6 Å². The van der Waals surface area contributed by atoms with E-state index >= 15 is 0 Å². The van der Waals surface area contributed by atoms with Crippen molar-refractivity contribution in [2.75, 3.05) is 18.2 Å². The third-order valence-corrected chi connectivity index (χ3v) is 7.40. The maximum Gasteiger partial charge on any atom is 0.283 e. The van der Waals surface area contributed by atoms with Crippen molar-refractivity contribution in [3.63, 3.8) is 0 Å². The first-order chi connectivity index (χ1) is 18.5. The molecule has 38 heavy (non-hydrogen) atoms. The smallest absolute Gasteiger partial charge is 0.283 e. The number of hydrogen-bond donors (Lipinski definition) is 2. The number of amides is 1. The van der Waals surface area contributed by atoms with Crippen LogP contribution in [0.1, 0.15) is 5.56 Å². The van der Waals surface area contributed by atoms with Crippen molar-refractivity contribution in [1.29, 1.82) is 0 Å². The van der Waals surface area contributed by atoms with Gasteiger partial charge in [-0.15, -0.1) is 0 Å². The van der Waals surface area contributed by atoms with E-state index in [0.717, 1.165) is 32.9 Å². The fourth-order valence-electron chi connectivity index (χ4n) is 4.68. The highest BCUT2D eigenvalue weighted by Crippen LogP contribution is 2.30. The number of hydrogen-bond acceptors (Lipinski definition) is 5. The van der Waals surface area contributed by atoms with Crippen LogP contribution < -0.4 is 15.6 Å². The van der Waals surface area contributed by atoms with E-state index in [0.29, 0.717) is 27.6 Å². The van der Waals surface area contributed by atoms with Gasteiger partial charge in [-0.3, -0.25) is 9.59 Å². The van der Waals surface area contributed by atoms with E-state index in [-0.39, 0.29) is 17.2 Å². The van der Waals surface area contributed by atoms with Gasteiger partial charge in [-0.1, -0.05) is 72.4 Å². The van der Waals surface area contributed by atoms with E-state index in [1.54, 1.807) is 7.11 Å². The van der Waals surface area contributed by atoms with Crippen LogP contribution in [0.2, 0.25) is 0 Å². The lowest BCUT2D eigenvalue weighted by atomic mass is 10.1. The monoisotopic (exact) mass is 520 g/mol. The summed E-state index contributed by atoms with van der Waals surface area (Å²) in [6, 6.07) is 27.0. The summed E-state index contributed by atoms with van der Waals surface area (Å²) in [4.78, 5) is 35.1. The highest BCUT2D eigenvalue weighted by atomic mass is 32.2. The number of aromatic nitrogens is 3. The van der Waals surface area contributed by atoms with Gasteiger partial charge >= 0.3 is 0 Å². The Morgan fingerprint density at radius 2 is 1.76 bits per heavy atom. The molecule has 0 unspecified atom stereocenters. The fraction of sp³-hybridized carbons (Fsp3) is 0.100. The first kappa shape index (κ1) is 23.8. The van der Waals surface area contributed by atoms with Crippen molar-refractivity contribution in [3.05, 3.63) is 101 Å². The predicted octanol–water partition coefficient (Wildman–Crippen LogP) is 6.07. The number of aromatic amines is 1. The number of para-hydroxylation sites is 1. The van der Waals surface area contributed by atoms with Gasteiger partial charge in [0, 0.05) is 22.0 Å². The number of nitrogens with one attached hydrogen (secondary N) is 2. The number of benzene rings is 4. The Kier molecular flexibility index (Phi) is 6.09. The largest absolute Gasteiger partial charge is 0.495 e. The summed E-state index contributed by atoms with van der Waals surface area (Å²) < 4.78 is 7.12. The van der Waals surface area contributed by atoms with Crippen LogP contribution in [0.5, 0.6) is 5.75 Å². The van der Waals surface area contributed by atoms with Crippen molar-refractivity contribution in [2.24, 2.45) is 0 Å². The number of fused-ring (bicyclic) bond motifs is 4. The molecular formula is C30H24N4O3S. The molecule has 0 spiro atoms. The molecule has 0 radical (unpaired) electrons. The Morgan fingerprint density at radius 3 is 2.61 bits per heavy atom. The molecule has 1 amide bonds. The lowest BCUT2D eigenvalue weighted by molar-refractivity contribution is -0.113. The number of nitrogens with zero attached hydrogens (tertiary/aromatic N) is 2. The normalized spacial score (nSPS) is 11.3. The second-order valence-electron chi connectivity index (χ2n) is 8.97. The second kappa shape index (κ2) is 9.72. The predicted molar refractivity (Wildman–Crippen MR) is 154 cm³/mol. The molecule has 4 aromatic carbocycles. The average molecular weight is 521 g/mol. The van der Waals surface area contributed by atoms with Gasteiger partial charge in [0.2, 0.25) is 5.91 Å². The Labute approximate surface area is 222 Å². The molecule has 0 fully saturated rings. The molecule has 188 valence electrons. The summed E-state index contributed by atoms with van der Waals surface area (Å²) in [5, 5.41) is 6.29. The highest BCUT2D eigenvalue weighted by Gasteiger charge is 2.20. The number of carbonyl (C=O) groups excluding carboxylic acids is 1. The van der Waals surface area contributed by atoms with Gasteiger partial charge in [0.1, 0.15) is 16.8 Å². The van der Waals surface area contributed by atoms with Gasteiger partial charge in [-0.2, -0.15) is 0 Å². The molecule has 6 rings (SSSR count). The number of rotatable bonds is 6. The number of aryl methyl sites for hydroxylation is 1. The number of H-pyrrole nitrogens is 1. The maximum absolute atomic E-state index is 13.9. The molecule has 0 saturated heterocycles. The zero-order valence-corrected chi connectivity index (χ0v) is 21.6. The molecule has 2 N–H and O–H groups in total. The van der Waals surface area contributed by atoms with E-state index in [2.05, 4.69) is 10.3 Å². The molecule has 6 aromatic rings. The van der Waals surface area contributed by atoms with Crippen molar-refractivity contribution in [2.45, 2.75) is 12.1 Å². The minimum Gasteiger partial charge on any atom is -0.495 e. The minimum atomic E-state index is -0.257. The zero-order valence-electron chi connectivity index (χ0n) is 20.8. The molecule has 0 aliphatic carbocycles. The van der Waals surface area contributed by atoms with Gasteiger partial charge in [-0.05, 0) is 42.1 Å². The number of ether oxygens (including phenoxy) is 1. The topological polar surface area (TPSA) is 89.0 Å². The summed E-state index contributed by atoms with van der Waals surface area (Å²) in [5.74, 6) is 0.414. The molecule has 0 bridgehead atoms. The van der Waals surface area contributed by atoms with Gasteiger partial charge < -0.3 is 15.0 Å². The average Bonchev–Trinajstić information content (AvgIpc) is 3.31. The fourth-order valence-corrected chi connectivity index (χ4v) is 5.48. The lowest BCUT2D eigenvalue weighted by Gasteiger charge is -2.16. The third kappa shape index (κ3) is 4.18. The van der Waals surface area contributed by atoms with Gasteiger partial charge in [0.25, 0.3) is 5.56 Å². The van der Waals surface area contributed by atoms with E-state index in [1.165, 1.54) is 16.3 Å². The molecule has 0 saturated carbocycles. The summed E-state index contributed by atoms with van der Waals surface area (Å²) >= 11 is 1.21. The standard InChI is InChI=1S/C30H24N4O3S/c1-18-14-15-25(37-2)24(16-18)34-29(36)28-27(21-11-5-6-12-23(21)32-28)33-30(34)38-17-26(35)31-22-13-7-9-19-8-3-4-10-20(19)22/h3-16,32H,17H2,1-2H3,(H,31,35). The first-order valence-corrected chi connectivity index (χ1v) is 13.1. The van der Waals surface area contributed by atoms with E-state index in [1.807, 2.05) is 91.9 Å². The Bertz CT molecular complexity index is 1900. The molecule has 0 atom stereocenters.